The van der Waals surface area contributed by atoms with Gasteiger partial charge in [-0.3, -0.25) is 0 Å². The second-order valence-electron chi connectivity index (χ2n) is 2.87. The zero-order valence-electron chi connectivity index (χ0n) is 7.64. The Hall–Kier alpha value is -1.20. The zero-order chi connectivity index (χ0) is 9.80. The van der Waals surface area contributed by atoms with Gasteiger partial charge in [0.15, 0.2) is 0 Å². The molecule has 2 N–H and O–H groups in total. The first-order valence-electron chi connectivity index (χ1n) is 4.42. The van der Waals surface area contributed by atoms with Crippen LogP contribution in [0, 0.1) is 0 Å². The van der Waals surface area contributed by atoms with E-state index in [2.05, 4.69) is 10.2 Å². The average Bonchev–Trinajstić information content (AvgIpc) is 2.86. The van der Waals surface area contributed by atoms with Crippen molar-refractivity contribution in [2.75, 3.05) is 0 Å². The quantitative estimate of drug-likeness (QED) is 0.826. The van der Waals surface area contributed by atoms with Crippen LogP contribution < -0.4 is 5.73 Å². The molecule has 2 rings (SSSR count). The molecule has 0 fully saturated rings. The van der Waals surface area contributed by atoms with Gasteiger partial charge >= 0.3 is 0 Å². The van der Waals surface area contributed by atoms with Crippen LogP contribution >= 0.6 is 11.3 Å². The molecule has 2 aromatic heterocycles. The fraction of sp³-hybridized carbons (Fsp3) is 0.333. The van der Waals surface area contributed by atoms with Gasteiger partial charge in [0.1, 0.15) is 15.8 Å². The second-order valence-corrected chi connectivity index (χ2v) is 4.02. The van der Waals surface area contributed by atoms with Gasteiger partial charge in [-0.1, -0.05) is 0 Å². The number of nitrogens with zero attached hydrogens (tertiary/aromatic N) is 2. The van der Waals surface area contributed by atoms with Crippen molar-refractivity contribution in [2.24, 2.45) is 5.73 Å². The summed E-state index contributed by atoms with van der Waals surface area (Å²) in [6, 6.07) is 3.85. The fourth-order valence-corrected chi connectivity index (χ4v) is 1.88. The van der Waals surface area contributed by atoms with Crippen LogP contribution in [0.25, 0.3) is 0 Å². The molecule has 74 valence electrons. The summed E-state index contributed by atoms with van der Waals surface area (Å²) in [5.41, 5.74) is 5.44. The number of furan rings is 1. The highest BCUT2D eigenvalue weighted by Gasteiger charge is 2.03. The normalized spacial score (nSPS) is 10.6. The molecular weight excluding hydrogens is 198 g/mol. The Bertz CT molecular complexity index is 382. The largest absolute Gasteiger partial charge is 0.469 e. The van der Waals surface area contributed by atoms with Crippen molar-refractivity contribution in [2.45, 2.75) is 19.4 Å². The Morgan fingerprint density at radius 3 is 2.79 bits per heavy atom. The molecule has 0 bridgehead atoms. The zero-order valence-corrected chi connectivity index (χ0v) is 8.46. The molecule has 0 amide bonds. The van der Waals surface area contributed by atoms with Gasteiger partial charge in [-0.25, -0.2) is 0 Å². The number of aryl methyl sites for hydroxylation is 2. The van der Waals surface area contributed by atoms with Crippen molar-refractivity contribution in [3.63, 3.8) is 0 Å². The van der Waals surface area contributed by atoms with E-state index in [4.69, 9.17) is 10.2 Å². The third-order valence-corrected chi connectivity index (χ3v) is 2.85. The van der Waals surface area contributed by atoms with Crippen LogP contribution in [-0.4, -0.2) is 10.2 Å². The van der Waals surface area contributed by atoms with E-state index in [1.54, 1.807) is 17.6 Å². The lowest BCUT2D eigenvalue weighted by molar-refractivity contribution is 0.508. The van der Waals surface area contributed by atoms with Crippen LogP contribution in [0.1, 0.15) is 15.8 Å². The Kier molecular flexibility index (Phi) is 2.90. The van der Waals surface area contributed by atoms with Crippen LogP contribution in [0.2, 0.25) is 0 Å². The van der Waals surface area contributed by atoms with Crippen molar-refractivity contribution in [3.8, 4) is 0 Å². The standard InChI is InChI=1S/C9H11N3OS/c10-6-9-12-11-8(14-9)4-3-7-2-1-5-13-7/h1-2,5H,3-4,6,10H2. The predicted molar refractivity (Wildman–Crippen MR) is 53.9 cm³/mol. The van der Waals surface area contributed by atoms with E-state index in [0.29, 0.717) is 6.54 Å². The number of hydrogen-bond donors (Lipinski definition) is 1. The van der Waals surface area contributed by atoms with Crippen LogP contribution in [0.15, 0.2) is 22.8 Å². The molecule has 0 spiro atoms. The Morgan fingerprint density at radius 2 is 2.14 bits per heavy atom. The van der Waals surface area contributed by atoms with Gasteiger partial charge < -0.3 is 10.2 Å². The van der Waals surface area contributed by atoms with Gasteiger partial charge in [0.25, 0.3) is 0 Å². The molecule has 0 radical (unpaired) electrons. The number of rotatable bonds is 4. The van der Waals surface area contributed by atoms with Crippen LogP contribution in [0.4, 0.5) is 0 Å². The maximum absolute atomic E-state index is 5.44. The second kappa shape index (κ2) is 4.34. The van der Waals surface area contributed by atoms with Gasteiger partial charge in [-0.05, 0) is 12.1 Å². The molecule has 0 aliphatic carbocycles. The molecule has 5 heteroatoms. The lowest BCUT2D eigenvalue weighted by Gasteiger charge is -1.91. The molecule has 0 saturated carbocycles. The minimum atomic E-state index is 0.471. The maximum atomic E-state index is 5.44. The molecule has 4 nitrogen and oxygen atoms in total. The Balaban J connectivity index is 1.92. The summed E-state index contributed by atoms with van der Waals surface area (Å²) < 4.78 is 5.22. The Labute approximate surface area is 85.8 Å². The SMILES string of the molecule is NCc1nnc(CCc2ccco2)s1. The average molecular weight is 209 g/mol. The molecular formula is C9H11N3OS. The van der Waals surface area contributed by atoms with Crippen LogP contribution in [0.5, 0.6) is 0 Å². The van der Waals surface area contributed by atoms with Gasteiger partial charge in [-0.15, -0.1) is 21.5 Å². The minimum absolute atomic E-state index is 0.471. The van der Waals surface area contributed by atoms with E-state index in [1.165, 1.54) is 0 Å². The van der Waals surface area contributed by atoms with Gasteiger partial charge in [0.05, 0.1) is 6.26 Å². The third kappa shape index (κ3) is 2.18. The van der Waals surface area contributed by atoms with Crippen molar-refractivity contribution < 1.29 is 4.42 Å². The van der Waals surface area contributed by atoms with E-state index in [9.17, 15) is 0 Å². The molecule has 0 aliphatic rings. The van der Waals surface area contributed by atoms with E-state index in [1.807, 2.05) is 12.1 Å². The topological polar surface area (TPSA) is 64.9 Å². The number of nitrogens with two attached hydrogens (primary N) is 1. The van der Waals surface area contributed by atoms with Gasteiger partial charge in [-0.2, -0.15) is 0 Å². The molecule has 0 saturated heterocycles. The van der Waals surface area contributed by atoms with E-state index in [0.717, 1.165) is 28.6 Å². The van der Waals surface area contributed by atoms with Crippen molar-refractivity contribution >= 4 is 11.3 Å². The van der Waals surface area contributed by atoms with Crippen LogP contribution in [0.3, 0.4) is 0 Å². The summed E-state index contributed by atoms with van der Waals surface area (Å²) in [7, 11) is 0. The fourth-order valence-electron chi connectivity index (χ4n) is 1.16. The molecule has 0 atom stereocenters. The highest BCUT2D eigenvalue weighted by atomic mass is 32.1. The van der Waals surface area contributed by atoms with Gasteiger partial charge in [0, 0.05) is 19.4 Å². The van der Waals surface area contributed by atoms with Crippen molar-refractivity contribution in [1.82, 2.24) is 10.2 Å². The third-order valence-electron chi connectivity index (χ3n) is 1.85. The highest BCUT2D eigenvalue weighted by molar-refractivity contribution is 7.11. The molecule has 14 heavy (non-hydrogen) atoms. The summed E-state index contributed by atoms with van der Waals surface area (Å²) in [5.74, 6) is 0.981. The maximum Gasteiger partial charge on any atom is 0.131 e. The summed E-state index contributed by atoms with van der Waals surface area (Å²) in [6.45, 7) is 0.471. The van der Waals surface area contributed by atoms with E-state index in [-0.39, 0.29) is 0 Å². The first-order valence-corrected chi connectivity index (χ1v) is 5.24. The molecule has 2 heterocycles. The smallest absolute Gasteiger partial charge is 0.131 e. The molecule has 0 aliphatic heterocycles. The minimum Gasteiger partial charge on any atom is -0.469 e. The first-order chi connectivity index (χ1) is 6.88. The van der Waals surface area contributed by atoms with E-state index < -0.39 is 0 Å². The van der Waals surface area contributed by atoms with Crippen LogP contribution in [-0.2, 0) is 19.4 Å². The lowest BCUT2D eigenvalue weighted by atomic mass is 10.2. The summed E-state index contributed by atoms with van der Waals surface area (Å²) in [5, 5.41) is 9.88. The summed E-state index contributed by atoms with van der Waals surface area (Å²) in [6.07, 6.45) is 3.41. The van der Waals surface area contributed by atoms with Gasteiger partial charge in [0.2, 0.25) is 0 Å². The number of hydrogen-bond acceptors (Lipinski definition) is 5. The monoisotopic (exact) mass is 209 g/mol. The van der Waals surface area contributed by atoms with E-state index >= 15 is 0 Å². The predicted octanol–water partition coefficient (Wildman–Crippen LogP) is 1.37. The molecule has 0 unspecified atom stereocenters. The molecule has 2 aromatic rings. The lowest BCUT2D eigenvalue weighted by Crippen LogP contribution is -1.94. The van der Waals surface area contributed by atoms with Crippen molar-refractivity contribution in [1.29, 1.82) is 0 Å². The molecule has 0 aromatic carbocycles. The highest BCUT2D eigenvalue weighted by Crippen LogP contribution is 2.12. The summed E-state index contributed by atoms with van der Waals surface area (Å²) in [4.78, 5) is 0. The Morgan fingerprint density at radius 1 is 1.29 bits per heavy atom. The summed E-state index contributed by atoms with van der Waals surface area (Å²) >= 11 is 1.57. The van der Waals surface area contributed by atoms with Crippen molar-refractivity contribution in [3.05, 3.63) is 34.2 Å². The number of aromatic nitrogens is 2. The first kappa shape index (κ1) is 9.36.